The molecule has 1 heterocycles. The summed E-state index contributed by atoms with van der Waals surface area (Å²) >= 11 is 0. The molecule has 2 amide bonds. The largest absolute Gasteiger partial charge is 0.435 e. The van der Waals surface area contributed by atoms with Crippen LogP contribution >= 0.6 is 0 Å². The fourth-order valence-corrected chi connectivity index (χ4v) is 1.78. The molecule has 0 atom stereocenters. The molecule has 1 aromatic heterocycles. The molecule has 0 fully saturated rings. The van der Waals surface area contributed by atoms with Crippen molar-refractivity contribution in [2.75, 3.05) is 12.4 Å². The van der Waals surface area contributed by atoms with Crippen molar-refractivity contribution in [1.82, 2.24) is 10.1 Å². The topological polar surface area (TPSA) is 67.6 Å². The van der Waals surface area contributed by atoms with Crippen LogP contribution in [0.3, 0.4) is 0 Å². The first-order chi connectivity index (χ1) is 10.4. The van der Waals surface area contributed by atoms with Crippen molar-refractivity contribution in [3.8, 4) is 5.75 Å². The van der Waals surface area contributed by atoms with Gasteiger partial charge >= 0.3 is 12.6 Å². The lowest BCUT2D eigenvalue weighted by Gasteiger charge is -2.16. The molecule has 0 saturated carbocycles. The molecule has 0 aliphatic rings. The van der Waals surface area contributed by atoms with E-state index < -0.39 is 12.6 Å². The number of hydrogen-bond donors (Lipinski definition) is 1. The van der Waals surface area contributed by atoms with E-state index in [4.69, 9.17) is 4.52 Å². The summed E-state index contributed by atoms with van der Waals surface area (Å²) in [6.45, 7) is -0.898. The maximum Gasteiger partial charge on any atom is 0.387 e. The van der Waals surface area contributed by atoms with E-state index in [1.54, 1.807) is 26.1 Å². The highest BCUT2D eigenvalue weighted by molar-refractivity contribution is 5.89. The van der Waals surface area contributed by atoms with Crippen LogP contribution in [0.4, 0.5) is 19.3 Å². The number of aryl methyl sites for hydroxylation is 1. The van der Waals surface area contributed by atoms with Crippen LogP contribution in [0.2, 0.25) is 0 Å². The Hall–Kier alpha value is -2.64. The van der Waals surface area contributed by atoms with Gasteiger partial charge in [0, 0.05) is 24.9 Å². The second-order valence-corrected chi connectivity index (χ2v) is 4.62. The molecule has 1 aromatic carbocycles. The summed E-state index contributed by atoms with van der Waals surface area (Å²) in [6, 6.07) is 7.09. The number of carbonyl (C=O) groups is 1. The molecule has 0 radical (unpaired) electrons. The third-order valence-corrected chi connectivity index (χ3v) is 2.73. The van der Waals surface area contributed by atoms with Gasteiger partial charge < -0.3 is 19.5 Å². The number of aromatic nitrogens is 1. The highest BCUT2D eigenvalue weighted by Crippen LogP contribution is 2.19. The monoisotopic (exact) mass is 311 g/mol. The highest BCUT2D eigenvalue weighted by atomic mass is 19.3. The van der Waals surface area contributed by atoms with Gasteiger partial charge in [-0.1, -0.05) is 11.2 Å². The number of nitrogens with one attached hydrogen (secondary N) is 1. The van der Waals surface area contributed by atoms with E-state index in [2.05, 4.69) is 15.2 Å². The van der Waals surface area contributed by atoms with Crippen molar-refractivity contribution in [2.24, 2.45) is 0 Å². The van der Waals surface area contributed by atoms with Crippen LogP contribution in [0, 0.1) is 6.92 Å². The summed E-state index contributed by atoms with van der Waals surface area (Å²) < 4.78 is 33.5. The zero-order chi connectivity index (χ0) is 16.1. The average molecular weight is 311 g/mol. The number of ether oxygens (including phenoxy) is 1. The maximum absolute atomic E-state index is 12.2. The van der Waals surface area contributed by atoms with Gasteiger partial charge in [-0.05, 0) is 19.1 Å². The van der Waals surface area contributed by atoms with Crippen molar-refractivity contribution in [3.05, 3.63) is 41.8 Å². The molecule has 0 unspecified atom stereocenters. The molecular weight excluding hydrogens is 296 g/mol. The molecule has 8 heteroatoms. The zero-order valence-corrected chi connectivity index (χ0v) is 12.0. The summed E-state index contributed by atoms with van der Waals surface area (Å²) in [4.78, 5) is 13.4. The summed E-state index contributed by atoms with van der Waals surface area (Å²) in [5.74, 6) is 0.628. The van der Waals surface area contributed by atoms with Crippen LogP contribution in [0.15, 0.2) is 34.9 Å². The van der Waals surface area contributed by atoms with E-state index in [0.29, 0.717) is 17.1 Å². The molecule has 22 heavy (non-hydrogen) atoms. The molecular formula is C14H15F2N3O3. The molecule has 2 rings (SSSR count). The van der Waals surface area contributed by atoms with Gasteiger partial charge in [0.2, 0.25) is 0 Å². The molecule has 118 valence electrons. The fraction of sp³-hybridized carbons (Fsp3) is 0.286. The normalized spacial score (nSPS) is 10.6. The van der Waals surface area contributed by atoms with Crippen LogP contribution in [0.5, 0.6) is 5.75 Å². The number of benzene rings is 1. The van der Waals surface area contributed by atoms with Crippen LogP contribution in [0.25, 0.3) is 0 Å². The molecule has 6 nitrogen and oxygen atoms in total. The van der Waals surface area contributed by atoms with Gasteiger partial charge in [0.25, 0.3) is 0 Å². The summed E-state index contributed by atoms with van der Waals surface area (Å²) in [7, 11) is 1.58. The van der Waals surface area contributed by atoms with Crippen LogP contribution in [-0.4, -0.2) is 29.7 Å². The number of nitrogens with zero attached hydrogens (tertiary/aromatic N) is 2. The first kappa shape index (κ1) is 15.7. The van der Waals surface area contributed by atoms with Crippen LogP contribution < -0.4 is 10.1 Å². The second kappa shape index (κ2) is 6.88. The van der Waals surface area contributed by atoms with Crippen molar-refractivity contribution >= 4 is 11.7 Å². The second-order valence-electron chi connectivity index (χ2n) is 4.62. The quantitative estimate of drug-likeness (QED) is 0.920. The summed E-state index contributed by atoms with van der Waals surface area (Å²) in [5, 5.41) is 6.38. The number of anilines is 1. The van der Waals surface area contributed by atoms with E-state index in [0.717, 1.165) is 0 Å². The highest BCUT2D eigenvalue weighted by Gasteiger charge is 2.12. The van der Waals surface area contributed by atoms with E-state index in [1.165, 1.54) is 23.1 Å². The Labute approximate surface area is 125 Å². The minimum Gasteiger partial charge on any atom is -0.435 e. The van der Waals surface area contributed by atoms with Gasteiger partial charge in [-0.2, -0.15) is 8.78 Å². The lowest BCUT2D eigenvalue weighted by molar-refractivity contribution is -0.0497. The number of amides is 2. The first-order valence-corrected chi connectivity index (χ1v) is 6.43. The molecule has 0 aliphatic heterocycles. The maximum atomic E-state index is 12.2. The Morgan fingerprint density at radius 1 is 1.45 bits per heavy atom. The predicted molar refractivity (Wildman–Crippen MR) is 74.8 cm³/mol. The van der Waals surface area contributed by atoms with Gasteiger partial charge in [-0.25, -0.2) is 4.79 Å². The third-order valence-electron chi connectivity index (χ3n) is 2.73. The SMILES string of the molecule is Cc1cc(CN(C)C(=O)Nc2cccc(OC(F)F)c2)no1. The summed E-state index contributed by atoms with van der Waals surface area (Å²) in [5.41, 5.74) is 0.969. The van der Waals surface area contributed by atoms with Gasteiger partial charge in [0.15, 0.2) is 0 Å². The Balaban J connectivity index is 1.96. The average Bonchev–Trinajstić information content (AvgIpc) is 2.83. The number of alkyl halides is 2. The van der Waals surface area contributed by atoms with Crippen molar-refractivity contribution in [1.29, 1.82) is 0 Å². The minimum absolute atomic E-state index is 0.0254. The van der Waals surface area contributed by atoms with Gasteiger partial charge in [-0.3, -0.25) is 0 Å². The molecule has 0 saturated heterocycles. The number of rotatable bonds is 5. The zero-order valence-electron chi connectivity index (χ0n) is 12.0. The van der Waals surface area contributed by atoms with Crippen molar-refractivity contribution in [2.45, 2.75) is 20.1 Å². The predicted octanol–water partition coefficient (Wildman–Crippen LogP) is 3.25. The van der Waals surface area contributed by atoms with Gasteiger partial charge in [0.05, 0.1) is 6.54 Å². The van der Waals surface area contributed by atoms with Crippen LogP contribution in [-0.2, 0) is 6.54 Å². The van der Waals surface area contributed by atoms with Crippen molar-refractivity contribution in [3.63, 3.8) is 0 Å². The molecule has 1 N–H and O–H groups in total. The molecule has 0 aliphatic carbocycles. The number of hydrogen-bond acceptors (Lipinski definition) is 4. The molecule has 0 spiro atoms. The Bertz CT molecular complexity index is 646. The van der Waals surface area contributed by atoms with E-state index in [1.807, 2.05) is 0 Å². The van der Waals surface area contributed by atoms with Crippen molar-refractivity contribution < 1.29 is 22.8 Å². The number of urea groups is 1. The van der Waals surface area contributed by atoms with Crippen LogP contribution in [0.1, 0.15) is 11.5 Å². The first-order valence-electron chi connectivity index (χ1n) is 6.43. The Morgan fingerprint density at radius 3 is 2.86 bits per heavy atom. The third kappa shape index (κ3) is 4.44. The van der Waals surface area contributed by atoms with Gasteiger partial charge in [0.1, 0.15) is 17.2 Å². The molecule has 0 bridgehead atoms. The lowest BCUT2D eigenvalue weighted by atomic mass is 10.3. The molecule has 2 aromatic rings. The Morgan fingerprint density at radius 2 is 2.23 bits per heavy atom. The van der Waals surface area contributed by atoms with Gasteiger partial charge in [-0.15, -0.1) is 0 Å². The van der Waals surface area contributed by atoms with E-state index >= 15 is 0 Å². The summed E-state index contributed by atoms with van der Waals surface area (Å²) in [6.07, 6.45) is 0. The van der Waals surface area contributed by atoms with E-state index in [9.17, 15) is 13.6 Å². The lowest BCUT2D eigenvalue weighted by Crippen LogP contribution is -2.30. The van der Waals surface area contributed by atoms with E-state index in [-0.39, 0.29) is 12.3 Å². The minimum atomic E-state index is -2.91. The number of halogens is 2. The Kier molecular flexibility index (Phi) is 4.92. The fourth-order valence-electron chi connectivity index (χ4n) is 1.78. The standard InChI is InChI=1S/C14H15F2N3O3/c1-9-6-11(18-22-9)8-19(2)14(20)17-10-4-3-5-12(7-10)21-13(15)16/h3-7,13H,8H2,1-2H3,(H,17,20). The number of carbonyl (C=O) groups excluding carboxylic acids is 1. The smallest absolute Gasteiger partial charge is 0.387 e.